The van der Waals surface area contributed by atoms with E-state index in [-0.39, 0.29) is 12.7 Å². The van der Waals surface area contributed by atoms with Crippen molar-refractivity contribution in [3.8, 4) is 22.2 Å². The summed E-state index contributed by atoms with van der Waals surface area (Å²) >= 11 is 1.61. The van der Waals surface area contributed by atoms with E-state index < -0.39 is 6.09 Å². The molecule has 0 bridgehead atoms. The first-order valence-corrected chi connectivity index (χ1v) is 12.6. The number of nitrogens with zero attached hydrogens (tertiary/aromatic N) is 4. The molecule has 1 aliphatic rings. The number of thiazole rings is 1. The summed E-state index contributed by atoms with van der Waals surface area (Å²) in [5, 5.41) is 3.67. The van der Waals surface area contributed by atoms with Crippen LogP contribution in [0, 0.1) is 6.92 Å². The molecule has 0 radical (unpaired) electrons. The fraction of sp³-hybridized carbons (Fsp3) is 0.222. The first kappa shape index (κ1) is 23.1. The number of alkyl carbamates (subject to hydrolysis) is 1. The van der Waals surface area contributed by atoms with Gasteiger partial charge in [-0.15, -0.1) is 11.3 Å². The second kappa shape index (κ2) is 9.62. The molecular formula is C27H23N5O4S. The van der Waals surface area contributed by atoms with Crippen LogP contribution in [0.4, 0.5) is 4.79 Å². The quantitative estimate of drug-likeness (QED) is 0.343. The van der Waals surface area contributed by atoms with E-state index in [2.05, 4.69) is 26.3 Å². The number of aryl methyl sites for hydroxylation is 1. The standard InChI is InChI=1S/C27H23N5O4S/c1-15-8-19(24-21(9-15)31-23(34-2)13-29-24)26-32-20-5-6-22-18(25(20)37-26)10-17(36-22)12-30-27(33)35-14-16-4-3-7-28-11-16/h3-9,11,13,17H,10,12,14H2,1-2H3,(H,30,33). The van der Waals surface area contributed by atoms with Crippen molar-refractivity contribution in [3.63, 3.8) is 0 Å². The summed E-state index contributed by atoms with van der Waals surface area (Å²) in [4.78, 5) is 30.2. The maximum Gasteiger partial charge on any atom is 0.407 e. The van der Waals surface area contributed by atoms with E-state index in [1.807, 2.05) is 31.2 Å². The summed E-state index contributed by atoms with van der Waals surface area (Å²) in [6.07, 6.45) is 4.97. The van der Waals surface area contributed by atoms with Crippen LogP contribution in [0.2, 0.25) is 0 Å². The monoisotopic (exact) mass is 513 g/mol. The molecule has 1 atom stereocenters. The lowest BCUT2D eigenvalue weighted by molar-refractivity contribution is 0.133. The number of hydrogen-bond donors (Lipinski definition) is 1. The topological polar surface area (TPSA) is 108 Å². The Bertz CT molecular complexity index is 1620. The number of ether oxygens (including phenoxy) is 3. The smallest absolute Gasteiger partial charge is 0.407 e. The Morgan fingerprint density at radius 2 is 2.11 bits per heavy atom. The number of benzene rings is 2. The van der Waals surface area contributed by atoms with Crippen LogP contribution in [0.3, 0.4) is 0 Å². The predicted molar refractivity (Wildman–Crippen MR) is 140 cm³/mol. The van der Waals surface area contributed by atoms with E-state index in [4.69, 9.17) is 19.2 Å². The third kappa shape index (κ3) is 4.63. The lowest BCUT2D eigenvalue weighted by atomic mass is 10.1. The lowest BCUT2D eigenvalue weighted by Crippen LogP contribution is -2.34. The zero-order valence-corrected chi connectivity index (χ0v) is 21.0. The Balaban J connectivity index is 1.20. The largest absolute Gasteiger partial charge is 0.488 e. The van der Waals surface area contributed by atoms with Gasteiger partial charge >= 0.3 is 6.09 Å². The zero-order chi connectivity index (χ0) is 25.4. The van der Waals surface area contributed by atoms with Gasteiger partial charge in [-0.1, -0.05) is 6.07 Å². The summed E-state index contributed by atoms with van der Waals surface area (Å²) in [7, 11) is 1.58. The van der Waals surface area contributed by atoms with Crippen molar-refractivity contribution in [2.75, 3.05) is 13.7 Å². The molecule has 1 amide bonds. The van der Waals surface area contributed by atoms with Crippen molar-refractivity contribution in [2.24, 2.45) is 0 Å². The molecule has 1 N–H and O–H groups in total. The van der Waals surface area contributed by atoms with Gasteiger partial charge in [-0.3, -0.25) is 4.98 Å². The number of fused-ring (bicyclic) bond motifs is 4. The van der Waals surface area contributed by atoms with Gasteiger partial charge in [0.15, 0.2) is 0 Å². The average Bonchev–Trinajstić information content (AvgIpc) is 3.54. The van der Waals surface area contributed by atoms with Crippen molar-refractivity contribution in [3.05, 3.63) is 71.7 Å². The van der Waals surface area contributed by atoms with Gasteiger partial charge in [0.1, 0.15) is 23.5 Å². The molecule has 37 heavy (non-hydrogen) atoms. The average molecular weight is 514 g/mol. The molecule has 0 fully saturated rings. The summed E-state index contributed by atoms with van der Waals surface area (Å²) in [5.74, 6) is 1.29. The van der Waals surface area contributed by atoms with Crippen LogP contribution in [0.25, 0.3) is 31.8 Å². The molecule has 1 unspecified atom stereocenters. The number of rotatable bonds is 6. The first-order chi connectivity index (χ1) is 18.1. The fourth-order valence-electron chi connectivity index (χ4n) is 4.40. The normalized spacial score (nSPS) is 14.4. The maximum atomic E-state index is 12.2. The van der Waals surface area contributed by atoms with Crippen LogP contribution < -0.4 is 14.8 Å². The first-order valence-electron chi connectivity index (χ1n) is 11.8. The van der Waals surface area contributed by atoms with Crippen LogP contribution in [0.15, 0.2) is 55.0 Å². The summed E-state index contributed by atoms with van der Waals surface area (Å²) in [6, 6.07) is 11.7. The molecule has 6 rings (SSSR count). The van der Waals surface area contributed by atoms with E-state index in [0.29, 0.717) is 18.8 Å². The SMILES string of the molecule is COc1cnc2c(-c3nc4ccc5c(c4s3)CC(CNC(=O)OCc3cccnc3)O5)cc(C)cc2n1. The van der Waals surface area contributed by atoms with Crippen molar-refractivity contribution in [1.29, 1.82) is 0 Å². The van der Waals surface area contributed by atoms with Gasteiger partial charge in [0.2, 0.25) is 5.88 Å². The Morgan fingerprint density at radius 1 is 1.19 bits per heavy atom. The van der Waals surface area contributed by atoms with Gasteiger partial charge in [-0.25, -0.2) is 19.7 Å². The van der Waals surface area contributed by atoms with Gasteiger partial charge in [0.25, 0.3) is 0 Å². The number of nitrogens with one attached hydrogen (secondary N) is 1. The summed E-state index contributed by atoms with van der Waals surface area (Å²) in [6.45, 7) is 2.54. The molecule has 0 aliphatic carbocycles. The van der Waals surface area contributed by atoms with Crippen molar-refractivity contribution < 1.29 is 19.0 Å². The van der Waals surface area contributed by atoms with E-state index in [1.165, 1.54) is 0 Å². The Morgan fingerprint density at radius 3 is 2.95 bits per heavy atom. The molecule has 9 nitrogen and oxygen atoms in total. The van der Waals surface area contributed by atoms with Crippen LogP contribution >= 0.6 is 11.3 Å². The number of carbonyl (C=O) groups is 1. The van der Waals surface area contributed by atoms with Crippen molar-refractivity contribution in [2.45, 2.75) is 26.1 Å². The van der Waals surface area contributed by atoms with Gasteiger partial charge < -0.3 is 19.5 Å². The minimum atomic E-state index is -0.488. The van der Waals surface area contributed by atoms with Gasteiger partial charge in [-0.05, 0) is 42.8 Å². The van der Waals surface area contributed by atoms with Crippen molar-refractivity contribution in [1.82, 2.24) is 25.3 Å². The summed E-state index contributed by atoms with van der Waals surface area (Å²) < 4.78 is 17.7. The van der Waals surface area contributed by atoms with E-state index >= 15 is 0 Å². The third-order valence-electron chi connectivity index (χ3n) is 6.12. The Kier molecular flexibility index (Phi) is 6.01. The Labute approximate surface area is 216 Å². The van der Waals surface area contributed by atoms with Gasteiger partial charge in [0, 0.05) is 35.5 Å². The van der Waals surface area contributed by atoms with E-state index in [0.717, 1.165) is 54.3 Å². The molecule has 2 aromatic carbocycles. The Hall–Kier alpha value is -4.31. The maximum absolute atomic E-state index is 12.2. The molecule has 186 valence electrons. The zero-order valence-electron chi connectivity index (χ0n) is 20.2. The van der Waals surface area contributed by atoms with Crippen LogP contribution in [-0.4, -0.2) is 45.8 Å². The van der Waals surface area contributed by atoms with Crippen LogP contribution in [0.1, 0.15) is 16.7 Å². The molecule has 0 saturated heterocycles. The number of amides is 1. The van der Waals surface area contributed by atoms with Crippen molar-refractivity contribution >= 4 is 38.7 Å². The number of carbonyl (C=O) groups excluding carboxylic acids is 1. The minimum Gasteiger partial charge on any atom is -0.488 e. The second-order valence-electron chi connectivity index (χ2n) is 8.76. The highest BCUT2D eigenvalue weighted by Crippen LogP contribution is 2.41. The molecule has 1 aliphatic heterocycles. The number of aromatic nitrogens is 4. The number of methoxy groups -OCH3 is 1. The fourth-order valence-corrected chi connectivity index (χ4v) is 5.53. The van der Waals surface area contributed by atoms with Gasteiger partial charge in [-0.2, -0.15) is 0 Å². The van der Waals surface area contributed by atoms with Crippen LogP contribution in [-0.2, 0) is 17.8 Å². The highest BCUT2D eigenvalue weighted by atomic mass is 32.1. The predicted octanol–water partition coefficient (Wildman–Crippen LogP) is 4.85. The van der Waals surface area contributed by atoms with Crippen LogP contribution in [0.5, 0.6) is 11.6 Å². The molecule has 0 spiro atoms. The second-order valence-corrected chi connectivity index (χ2v) is 9.76. The summed E-state index contributed by atoms with van der Waals surface area (Å²) in [5.41, 5.74) is 6.39. The molecule has 4 heterocycles. The minimum absolute atomic E-state index is 0.167. The molecular weight excluding hydrogens is 490 g/mol. The molecule has 10 heteroatoms. The van der Waals surface area contributed by atoms with E-state index in [1.54, 1.807) is 43.1 Å². The highest BCUT2D eigenvalue weighted by molar-refractivity contribution is 7.22. The number of hydrogen-bond acceptors (Lipinski definition) is 9. The lowest BCUT2D eigenvalue weighted by Gasteiger charge is -2.12. The highest BCUT2D eigenvalue weighted by Gasteiger charge is 2.27. The molecule has 5 aromatic rings. The molecule has 0 saturated carbocycles. The van der Waals surface area contributed by atoms with Gasteiger partial charge in [0.05, 0.1) is 41.1 Å². The number of pyridine rings is 1. The third-order valence-corrected chi connectivity index (χ3v) is 7.28. The van der Waals surface area contributed by atoms with E-state index in [9.17, 15) is 4.79 Å². The molecule has 3 aromatic heterocycles.